The average Bonchev–Trinajstić information content (AvgIpc) is 2.52. The van der Waals surface area contributed by atoms with E-state index >= 15 is 0 Å². The quantitative estimate of drug-likeness (QED) is 0.416. The van der Waals surface area contributed by atoms with Crippen molar-refractivity contribution in [2.75, 3.05) is 27.2 Å². The Labute approximate surface area is 150 Å². The molecule has 0 unspecified atom stereocenters. The molecule has 0 aliphatic carbocycles. The normalized spacial score (nSPS) is 11.7. The number of alkyl carbamates (subject to hydrolysis) is 1. The molecule has 1 aromatic rings. The van der Waals surface area contributed by atoms with Gasteiger partial charge >= 0.3 is 6.09 Å². The van der Waals surface area contributed by atoms with Crippen molar-refractivity contribution < 1.29 is 14.3 Å². The van der Waals surface area contributed by atoms with Gasteiger partial charge in [-0.05, 0) is 44.9 Å². The molecule has 0 aliphatic heterocycles. The number of aryl methyl sites for hydroxylation is 1. The van der Waals surface area contributed by atoms with Crippen LogP contribution in [0, 0.1) is 6.92 Å². The molecule has 0 radical (unpaired) electrons. The van der Waals surface area contributed by atoms with Gasteiger partial charge in [0.05, 0.1) is 7.11 Å². The first-order valence-electron chi connectivity index (χ1n) is 8.30. The van der Waals surface area contributed by atoms with Gasteiger partial charge in [-0.15, -0.1) is 0 Å². The fourth-order valence-corrected chi connectivity index (χ4v) is 2.12. The van der Waals surface area contributed by atoms with E-state index in [1.165, 1.54) is 0 Å². The molecular weight excluding hydrogens is 320 g/mol. The molecule has 0 saturated carbocycles. The summed E-state index contributed by atoms with van der Waals surface area (Å²) < 4.78 is 10.4. The lowest BCUT2D eigenvalue weighted by molar-refractivity contribution is 0.0529. The number of hydrogen-bond donors (Lipinski definition) is 3. The third-order valence-electron chi connectivity index (χ3n) is 3.23. The van der Waals surface area contributed by atoms with Crippen LogP contribution in [0.3, 0.4) is 0 Å². The summed E-state index contributed by atoms with van der Waals surface area (Å²) in [7, 11) is 3.37. The van der Waals surface area contributed by atoms with Crippen molar-refractivity contribution >= 4 is 12.1 Å². The Hall–Kier alpha value is -2.44. The number of carbonyl (C=O) groups excluding carboxylic acids is 1. The van der Waals surface area contributed by atoms with E-state index in [2.05, 4.69) is 27.0 Å². The second kappa shape index (κ2) is 9.76. The first kappa shape index (κ1) is 20.6. The Balaban J connectivity index is 2.33. The van der Waals surface area contributed by atoms with Crippen LogP contribution in [0.15, 0.2) is 23.2 Å². The predicted molar refractivity (Wildman–Crippen MR) is 100 cm³/mol. The smallest absolute Gasteiger partial charge is 0.407 e. The fourth-order valence-electron chi connectivity index (χ4n) is 2.12. The zero-order valence-corrected chi connectivity index (χ0v) is 16.0. The molecule has 7 heteroatoms. The number of carbonyl (C=O) groups is 1. The second-order valence-electron chi connectivity index (χ2n) is 6.59. The molecule has 0 atom stereocenters. The molecule has 140 valence electrons. The Morgan fingerprint density at radius 1 is 1.16 bits per heavy atom. The van der Waals surface area contributed by atoms with Crippen molar-refractivity contribution in [1.82, 2.24) is 16.0 Å². The summed E-state index contributed by atoms with van der Waals surface area (Å²) in [5.74, 6) is 1.54. The van der Waals surface area contributed by atoms with E-state index in [4.69, 9.17) is 9.47 Å². The van der Waals surface area contributed by atoms with Crippen LogP contribution >= 0.6 is 0 Å². The van der Waals surface area contributed by atoms with Crippen LogP contribution in [0.5, 0.6) is 5.75 Å². The number of guanidine groups is 1. The number of nitrogens with one attached hydrogen (secondary N) is 3. The maximum absolute atomic E-state index is 11.6. The standard InChI is InChI=1S/C18H30N4O3/c1-13-11-14(7-8-15(13)24-6)12-22-16(19-5)20-9-10-21-17(23)25-18(2,3)4/h7-8,11H,9-10,12H2,1-6H3,(H,21,23)(H2,19,20,22). The number of ether oxygens (including phenoxy) is 2. The summed E-state index contributed by atoms with van der Waals surface area (Å²) in [5, 5.41) is 9.06. The number of amides is 1. The monoisotopic (exact) mass is 350 g/mol. The zero-order chi connectivity index (χ0) is 18.9. The summed E-state index contributed by atoms with van der Waals surface area (Å²) in [6.07, 6.45) is -0.425. The van der Waals surface area contributed by atoms with Gasteiger partial charge < -0.3 is 25.4 Å². The third kappa shape index (κ3) is 8.28. The van der Waals surface area contributed by atoms with Gasteiger partial charge in [0.15, 0.2) is 5.96 Å². The highest BCUT2D eigenvalue weighted by molar-refractivity contribution is 5.79. The lowest BCUT2D eigenvalue weighted by atomic mass is 10.1. The molecule has 0 spiro atoms. The second-order valence-corrected chi connectivity index (χ2v) is 6.59. The van der Waals surface area contributed by atoms with Crippen LogP contribution in [-0.4, -0.2) is 44.9 Å². The first-order chi connectivity index (χ1) is 11.7. The van der Waals surface area contributed by atoms with Crippen LogP contribution in [0.25, 0.3) is 0 Å². The Morgan fingerprint density at radius 2 is 1.84 bits per heavy atom. The van der Waals surface area contributed by atoms with Crippen molar-refractivity contribution in [3.8, 4) is 5.75 Å². The van der Waals surface area contributed by atoms with E-state index < -0.39 is 11.7 Å². The van der Waals surface area contributed by atoms with E-state index in [-0.39, 0.29) is 0 Å². The van der Waals surface area contributed by atoms with Crippen molar-refractivity contribution in [2.24, 2.45) is 4.99 Å². The third-order valence-corrected chi connectivity index (χ3v) is 3.23. The molecule has 0 aromatic heterocycles. The predicted octanol–water partition coefficient (Wildman–Crippen LogP) is 2.19. The Kier molecular flexibility index (Phi) is 8.04. The Bertz CT molecular complexity index is 594. The molecule has 1 aromatic carbocycles. The van der Waals surface area contributed by atoms with Gasteiger partial charge in [0, 0.05) is 26.7 Å². The number of aliphatic imine (C=N–C) groups is 1. The molecule has 7 nitrogen and oxygen atoms in total. The molecule has 0 saturated heterocycles. The summed E-state index contributed by atoms with van der Waals surface area (Å²) in [6, 6.07) is 6.03. The van der Waals surface area contributed by atoms with Crippen molar-refractivity contribution in [3.63, 3.8) is 0 Å². The van der Waals surface area contributed by atoms with E-state index in [9.17, 15) is 4.79 Å². The number of benzene rings is 1. The van der Waals surface area contributed by atoms with Crippen molar-refractivity contribution in [2.45, 2.75) is 39.8 Å². The molecule has 0 aliphatic rings. The minimum atomic E-state index is -0.494. The van der Waals surface area contributed by atoms with Gasteiger partial charge in [-0.25, -0.2) is 4.79 Å². The lowest BCUT2D eigenvalue weighted by Crippen LogP contribution is -2.42. The van der Waals surface area contributed by atoms with Crippen LogP contribution in [0.2, 0.25) is 0 Å². The number of rotatable bonds is 6. The highest BCUT2D eigenvalue weighted by atomic mass is 16.6. The molecule has 3 N–H and O–H groups in total. The summed E-state index contributed by atoms with van der Waals surface area (Å²) in [6.45, 7) is 9.13. The molecule has 1 amide bonds. The number of hydrogen-bond acceptors (Lipinski definition) is 4. The maximum atomic E-state index is 11.6. The van der Waals surface area contributed by atoms with Gasteiger partial charge in [-0.2, -0.15) is 0 Å². The van der Waals surface area contributed by atoms with Gasteiger partial charge in [0.25, 0.3) is 0 Å². The summed E-state index contributed by atoms with van der Waals surface area (Å²) in [4.78, 5) is 15.7. The van der Waals surface area contributed by atoms with Gasteiger partial charge in [-0.1, -0.05) is 12.1 Å². The largest absolute Gasteiger partial charge is 0.496 e. The molecule has 0 heterocycles. The van der Waals surface area contributed by atoms with Gasteiger partial charge in [-0.3, -0.25) is 4.99 Å². The van der Waals surface area contributed by atoms with Crippen LogP contribution in [0.4, 0.5) is 4.79 Å². The van der Waals surface area contributed by atoms with Crippen LogP contribution in [0.1, 0.15) is 31.9 Å². The van der Waals surface area contributed by atoms with E-state index in [1.54, 1.807) is 14.2 Å². The topological polar surface area (TPSA) is 84.0 Å². The SMILES string of the molecule is CN=C(NCCNC(=O)OC(C)(C)C)NCc1ccc(OC)c(C)c1. The average molecular weight is 350 g/mol. The van der Waals surface area contributed by atoms with Crippen molar-refractivity contribution in [3.05, 3.63) is 29.3 Å². The minimum absolute atomic E-state index is 0.425. The number of methoxy groups -OCH3 is 1. The van der Waals surface area contributed by atoms with Crippen LogP contribution < -0.4 is 20.7 Å². The molecular formula is C18H30N4O3. The molecule has 25 heavy (non-hydrogen) atoms. The molecule has 0 bridgehead atoms. The van der Waals surface area contributed by atoms with Gasteiger partial charge in [0.2, 0.25) is 0 Å². The lowest BCUT2D eigenvalue weighted by Gasteiger charge is -2.20. The van der Waals surface area contributed by atoms with E-state index in [0.29, 0.717) is 25.6 Å². The molecule has 0 fully saturated rings. The summed E-state index contributed by atoms with van der Waals surface area (Å²) >= 11 is 0. The van der Waals surface area contributed by atoms with E-state index in [0.717, 1.165) is 16.9 Å². The highest BCUT2D eigenvalue weighted by Crippen LogP contribution is 2.18. The minimum Gasteiger partial charge on any atom is -0.496 e. The van der Waals surface area contributed by atoms with Crippen LogP contribution in [-0.2, 0) is 11.3 Å². The van der Waals surface area contributed by atoms with E-state index in [1.807, 2.05) is 39.8 Å². The fraction of sp³-hybridized carbons (Fsp3) is 0.556. The summed E-state index contributed by atoms with van der Waals surface area (Å²) in [5.41, 5.74) is 1.73. The number of nitrogens with zero attached hydrogens (tertiary/aromatic N) is 1. The molecule has 1 rings (SSSR count). The first-order valence-corrected chi connectivity index (χ1v) is 8.30. The zero-order valence-electron chi connectivity index (χ0n) is 16.0. The Morgan fingerprint density at radius 3 is 2.40 bits per heavy atom. The maximum Gasteiger partial charge on any atom is 0.407 e. The highest BCUT2D eigenvalue weighted by Gasteiger charge is 2.15. The van der Waals surface area contributed by atoms with Gasteiger partial charge in [0.1, 0.15) is 11.4 Å². The van der Waals surface area contributed by atoms with Crippen molar-refractivity contribution in [1.29, 1.82) is 0 Å².